The number of hydrogen-bond donors (Lipinski definition) is 1. The molecule has 130 valence electrons. The van der Waals surface area contributed by atoms with Crippen LogP contribution in [-0.4, -0.2) is 9.97 Å². The Bertz CT molecular complexity index is 1080. The van der Waals surface area contributed by atoms with Crippen LogP contribution in [0.15, 0.2) is 59.0 Å². The molecule has 2 aromatic carbocycles. The van der Waals surface area contributed by atoms with E-state index in [9.17, 15) is 4.39 Å². The number of rotatable bonds is 3. The van der Waals surface area contributed by atoms with Crippen LogP contribution in [0.2, 0.25) is 10.0 Å². The van der Waals surface area contributed by atoms with Gasteiger partial charge < -0.3 is 9.40 Å². The molecule has 26 heavy (non-hydrogen) atoms. The lowest BCUT2D eigenvalue weighted by molar-refractivity contribution is 0.593. The van der Waals surface area contributed by atoms with Gasteiger partial charge in [-0.3, -0.25) is 0 Å². The van der Waals surface area contributed by atoms with E-state index in [-0.39, 0.29) is 5.82 Å². The Balaban J connectivity index is 1.70. The first-order valence-electron chi connectivity index (χ1n) is 7.89. The normalized spacial score (nSPS) is 11.1. The molecule has 0 radical (unpaired) electrons. The molecule has 0 aliphatic rings. The van der Waals surface area contributed by atoms with Crippen LogP contribution in [0.1, 0.15) is 5.69 Å². The van der Waals surface area contributed by atoms with Crippen molar-refractivity contribution in [1.82, 2.24) is 9.97 Å². The Morgan fingerprint density at radius 3 is 2.42 bits per heavy atom. The predicted octanol–water partition coefficient (Wildman–Crippen LogP) is 6.76. The average Bonchev–Trinajstić information content (AvgIpc) is 3.23. The van der Waals surface area contributed by atoms with Gasteiger partial charge >= 0.3 is 0 Å². The van der Waals surface area contributed by atoms with Gasteiger partial charge in [0.15, 0.2) is 11.6 Å². The van der Waals surface area contributed by atoms with Gasteiger partial charge in [0.25, 0.3) is 0 Å². The summed E-state index contributed by atoms with van der Waals surface area (Å²) >= 11 is 12.2. The van der Waals surface area contributed by atoms with Crippen LogP contribution < -0.4 is 0 Å². The highest BCUT2D eigenvalue weighted by molar-refractivity contribution is 6.36. The van der Waals surface area contributed by atoms with E-state index in [1.165, 1.54) is 12.1 Å². The van der Waals surface area contributed by atoms with Crippen molar-refractivity contribution in [3.8, 4) is 34.2 Å². The number of nitrogens with zero attached hydrogens (tertiary/aromatic N) is 1. The van der Waals surface area contributed by atoms with Gasteiger partial charge in [-0.15, -0.1) is 0 Å². The first-order valence-corrected chi connectivity index (χ1v) is 8.65. The summed E-state index contributed by atoms with van der Waals surface area (Å²) < 4.78 is 19.1. The van der Waals surface area contributed by atoms with Crippen molar-refractivity contribution >= 4 is 23.2 Å². The molecular formula is C20H13Cl2FN2O. The molecule has 6 heteroatoms. The van der Waals surface area contributed by atoms with Crippen molar-refractivity contribution in [3.63, 3.8) is 0 Å². The summed E-state index contributed by atoms with van der Waals surface area (Å²) in [7, 11) is 0. The Hall–Kier alpha value is -2.56. The first kappa shape index (κ1) is 16.9. The van der Waals surface area contributed by atoms with Gasteiger partial charge in [0, 0.05) is 16.1 Å². The fraction of sp³-hybridized carbons (Fsp3) is 0.0500. The number of hydrogen-bond acceptors (Lipinski definition) is 2. The summed E-state index contributed by atoms with van der Waals surface area (Å²) in [5.41, 5.74) is 3.23. The second-order valence-electron chi connectivity index (χ2n) is 5.84. The van der Waals surface area contributed by atoms with Crippen LogP contribution in [0, 0.1) is 12.7 Å². The SMILES string of the molecule is Cc1nc(-c2ccc(-c3ccc(Cl)cc3Cl)o2)[nH]c1-c1ccc(F)cc1. The highest BCUT2D eigenvalue weighted by atomic mass is 35.5. The summed E-state index contributed by atoms with van der Waals surface area (Å²) in [6.07, 6.45) is 0. The maximum Gasteiger partial charge on any atom is 0.174 e. The minimum absolute atomic E-state index is 0.276. The third kappa shape index (κ3) is 3.14. The standard InChI is InChI=1S/C20H13Cl2FN2O/c1-11-19(12-2-5-14(23)6-3-12)25-20(24-11)18-9-8-17(26-18)15-7-4-13(21)10-16(15)22/h2-10H,1H3,(H,24,25). The summed E-state index contributed by atoms with van der Waals surface area (Å²) in [5.74, 6) is 1.53. The van der Waals surface area contributed by atoms with Gasteiger partial charge in [0.2, 0.25) is 0 Å². The lowest BCUT2D eigenvalue weighted by atomic mass is 10.1. The Morgan fingerprint density at radius 2 is 1.69 bits per heavy atom. The van der Waals surface area contributed by atoms with Gasteiger partial charge in [0.05, 0.1) is 16.4 Å². The second-order valence-corrected chi connectivity index (χ2v) is 6.68. The Labute approximate surface area is 159 Å². The van der Waals surface area contributed by atoms with E-state index in [1.807, 2.05) is 25.1 Å². The van der Waals surface area contributed by atoms with Gasteiger partial charge in [-0.25, -0.2) is 9.37 Å². The summed E-state index contributed by atoms with van der Waals surface area (Å²) in [6, 6.07) is 15.2. The van der Waals surface area contributed by atoms with Crippen molar-refractivity contribution < 1.29 is 8.81 Å². The Morgan fingerprint density at radius 1 is 0.962 bits per heavy atom. The van der Waals surface area contributed by atoms with E-state index in [0.29, 0.717) is 27.4 Å². The third-order valence-corrected chi connectivity index (χ3v) is 4.60. The number of halogens is 3. The lowest BCUT2D eigenvalue weighted by Crippen LogP contribution is -1.82. The van der Waals surface area contributed by atoms with Crippen molar-refractivity contribution in [2.24, 2.45) is 0 Å². The van der Waals surface area contributed by atoms with Crippen molar-refractivity contribution in [3.05, 3.63) is 76.2 Å². The molecule has 0 spiro atoms. The molecule has 3 nitrogen and oxygen atoms in total. The highest BCUT2D eigenvalue weighted by Crippen LogP contribution is 2.34. The number of imidazole rings is 1. The molecular weight excluding hydrogens is 374 g/mol. The smallest absolute Gasteiger partial charge is 0.174 e. The second kappa shape index (κ2) is 6.63. The van der Waals surface area contributed by atoms with E-state index in [2.05, 4.69) is 9.97 Å². The van der Waals surface area contributed by atoms with Crippen molar-refractivity contribution in [2.45, 2.75) is 6.92 Å². The zero-order valence-corrected chi connectivity index (χ0v) is 15.2. The molecule has 0 saturated carbocycles. The van der Waals surface area contributed by atoms with Gasteiger partial charge in [0.1, 0.15) is 11.6 Å². The van der Waals surface area contributed by atoms with E-state index in [0.717, 1.165) is 22.5 Å². The van der Waals surface area contributed by atoms with Crippen LogP contribution in [-0.2, 0) is 0 Å². The molecule has 0 bridgehead atoms. The van der Waals surface area contributed by atoms with Crippen LogP contribution in [0.3, 0.4) is 0 Å². The quantitative estimate of drug-likeness (QED) is 0.422. The molecule has 0 aliphatic heterocycles. The van der Waals surface area contributed by atoms with E-state index in [4.69, 9.17) is 27.6 Å². The molecule has 1 N–H and O–H groups in total. The number of H-pyrrole nitrogens is 1. The zero-order valence-electron chi connectivity index (χ0n) is 13.7. The maximum atomic E-state index is 13.1. The minimum atomic E-state index is -0.276. The monoisotopic (exact) mass is 386 g/mol. The highest BCUT2D eigenvalue weighted by Gasteiger charge is 2.15. The van der Waals surface area contributed by atoms with Crippen molar-refractivity contribution in [1.29, 1.82) is 0 Å². The molecule has 4 rings (SSSR count). The molecule has 0 aliphatic carbocycles. The van der Waals surface area contributed by atoms with Crippen molar-refractivity contribution in [2.75, 3.05) is 0 Å². The first-order chi connectivity index (χ1) is 12.5. The molecule has 2 aromatic heterocycles. The summed E-state index contributed by atoms with van der Waals surface area (Å²) in [4.78, 5) is 7.77. The summed E-state index contributed by atoms with van der Waals surface area (Å²) in [5, 5.41) is 1.08. The number of aromatic nitrogens is 2. The number of nitrogens with one attached hydrogen (secondary N) is 1. The van der Waals surface area contributed by atoms with Gasteiger partial charge in [-0.05, 0) is 61.5 Å². The predicted molar refractivity (Wildman–Crippen MR) is 102 cm³/mol. The van der Waals surface area contributed by atoms with Gasteiger partial charge in [-0.1, -0.05) is 23.2 Å². The molecule has 4 aromatic rings. The average molecular weight is 387 g/mol. The Kier molecular flexibility index (Phi) is 4.31. The number of aryl methyl sites for hydroxylation is 1. The molecule has 2 heterocycles. The molecule has 0 saturated heterocycles. The maximum absolute atomic E-state index is 13.1. The topological polar surface area (TPSA) is 41.8 Å². The van der Waals surface area contributed by atoms with Crippen LogP contribution in [0.4, 0.5) is 4.39 Å². The van der Waals surface area contributed by atoms with E-state index >= 15 is 0 Å². The van der Waals surface area contributed by atoms with Crippen LogP contribution in [0.5, 0.6) is 0 Å². The summed E-state index contributed by atoms with van der Waals surface area (Å²) in [6.45, 7) is 1.89. The number of furan rings is 1. The fourth-order valence-electron chi connectivity index (χ4n) is 2.77. The van der Waals surface area contributed by atoms with E-state index < -0.39 is 0 Å². The lowest BCUT2D eigenvalue weighted by Gasteiger charge is -2.01. The number of aromatic amines is 1. The largest absolute Gasteiger partial charge is 0.453 e. The van der Waals surface area contributed by atoms with Gasteiger partial charge in [-0.2, -0.15) is 0 Å². The number of benzene rings is 2. The van der Waals surface area contributed by atoms with E-state index in [1.54, 1.807) is 24.3 Å². The molecule has 0 atom stereocenters. The molecule has 0 amide bonds. The third-order valence-electron chi connectivity index (χ3n) is 4.05. The zero-order chi connectivity index (χ0) is 18.3. The minimum Gasteiger partial charge on any atom is -0.453 e. The van der Waals surface area contributed by atoms with Crippen LogP contribution >= 0.6 is 23.2 Å². The molecule has 0 unspecified atom stereocenters. The van der Waals surface area contributed by atoms with Crippen LogP contribution in [0.25, 0.3) is 34.2 Å². The fourth-order valence-corrected chi connectivity index (χ4v) is 3.28. The molecule has 0 fully saturated rings.